The molecule has 164 valence electrons. The highest BCUT2D eigenvalue weighted by molar-refractivity contribution is 7.89. The number of ether oxygens (including phenoxy) is 1. The van der Waals surface area contributed by atoms with Gasteiger partial charge in [0.1, 0.15) is 0 Å². The van der Waals surface area contributed by atoms with Gasteiger partial charge in [0.05, 0.1) is 35.3 Å². The first-order valence-electron chi connectivity index (χ1n) is 9.87. The average Bonchev–Trinajstić information content (AvgIpc) is 2.79. The van der Waals surface area contributed by atoms with Gasteiger partial charge < -0.3 is 15.0 Å². The van der Waals surface area contributed by atoms with Gasteiger partial charge in [-0.25, -0.2) is 8.42 Å². The van der Waals surface area contributed by atoms with E-state index < -0.39 is 15.9 Å². The number of anilines is 1. The summed E-state index contributed by atoms with van der Waals surface area (Å²) in [7, 11) is -3.82. The van der Waals surface area contributed by atoms with Gasteiger partial charge in [-0.15, -0.1) is 0 Å². The molecule has 1 fully saturated rings. The van der Waals surface area contributed by atoms with Crippen LogP contribution in [-0.4, -0.2) is 49.9 Å². The first-order valence-corrected chi connectivity index (χ1v) is 11.3. The molecule has 1 aromatic heterocycles. The van der Waals surface area contributed by atoms with Crippen molar-refractivity contribution in [2.24, 2.45) is 0 Å². The van der Waals surface area contributed by atoms with Crippen LogP contribution in [0.3, 0.4) is 0 Å². The molecule has 2 heterocycles. The van der Waals surface area contributed by atoms with E-state index >= 15 is 0 Å². The quantitative estimate of drug-likeness (QED) is 0.622. The van der Waals surface area contributed by atoms with Gasteiger partial charge in [-0.3, -0.25) is 9.59 Å². The van der Waals surface area contributed by atoms with E-state index in [-0.39, 0.29) is 34.7 Å². The van der Waals surface area contributed by atoms with E-state index in [4.69, 9.17) is 4.74 Å². The second kappa shape index (κ2) is 8.55. The van der Waals surface area contributed by atoms with Crippen LogP contribution in [0.15, 0.2) is 52.2 Å². The Morgan fingerprint density at radius 3 is 2.62 bits per heavy atom. The zero-order chi connectivity index (χ0) is 22.9. The minimum absolute atomic E-state index is 0.0416. The van der Waals surface area contributed by atoms with E-state index in [1.165, 1.54) is 28.6 Å². The van der Waals surface area contributed by atoms with Crippen LogP contribution in [-0.2, 0) is 14.8 Å². The Morgan fingerprint density at radius 1 is 1.16 bits per heavy atom. The van der Waals surface area contributed by atoms with E-state index in [2.05, 4.69) is 10.3 Å². The van der Waals surface area contributed by atoms with Crippen LogP contribution < -0.4 is 10.9 Å². The minimum Gasteiger partial charge on any atom is -0.379 e. The number of nitrogens with one attached hydrogen (secondary N) is 2. The summed E-state index contributed by atoms with van der Waals surface area (Å²) in [6.07, 6.45) is 0. The molecular weight excluding hydrogens is 432 g/mol. The Balaban J connectivity index is 1.67. The molecule has 1 aliphatic rings. The molecule has 0 radical (unpaired) electrons. The van der Waals surface area contributed by atoms with E-state index in [0.717, 1.165) is 10.9 Å². The van der Waals surface area contributed by atoms with Crippen molar-refractivity contribution in [3.05, 3.63) is 69.5 Å². The molecule has 1 amide bonds. The Morgan fingerprint density at radius 2 is 1.91 bits per heavy atom. The number of nitriles is 1. The maximum atomic E-state index is 13.0. The number of H-pyrrole nitrogens is 1. The number of benzene rings is 2. The summed E-state index contributed by atoms with van der Waals surface area (Å²) in [4.78, 5) is 27.3. The summed E-state index contributed by atoms with van der Waals surface area (Å²) in [5.41, 5.74) is 1.62. The summed E-state index contributed by atoms with van der Waals surface area (Å²) >= 11 is 0. The molecule has 0 spiro atoms. The number of hydrogen-bond acceptors (Lipinski definition) is 6. The van der Waals surface area contributed by atoms with Crippen LogP contribution in [0, 0.1) is 18.3 Å². The SMILES string of the molecule is Cc1cc(=O)[nH]c2ccc(NC(=O)c3cc(S(=O)(=O)N4CCOCC4)ccc3C#N)cc12. The molecule has 3 aromatic rings. The van der Waals surface area contributed by atoms with Gasteiger partial charge in [0.15, 0.2) is 0 Å². The van der Waals surface area contributed by atoms with Gasteiger partial charge in [0, 0.05) is 35.7 Å². The van der Waals surface area contributed by atoms with E-state index in [0.29, 0.717) is 24.4 Å². The van der Waals surface area contributed by atoms with Gasteiger partial charge in [-0.1, -0.05) is 0 Å². The number of carbonyl (C=O) groups is 1. The van der Waals surface area contributed by atoms with Crippen molar-refractivity contribution in [3.63, 3.8) is 0 Å². The predicted molar refractivity (Wildman–Crippen MR) is 118 cm³/mol. The number of fused-ring (bicyclic) bond motifs is 1. The number of amides is 1. The van der Waals surface area contributed by atoms with Crippen LogP contribution in [0.4, 0.5) is 5.69 Å². The predicted octanol–water partition coefficient (Wildman–Crippen LogP) is 1.98. The smallest absolute Gasteiger partial charge is 0.257 e. The lowest BCUT2D eigenvalue weighted by Gasteiger charge is -2.26. The Hall–Kier alpha value is -3.52. The number of aromatic amines is 1. The van der Waals surface area contributed by atoms with Crippen LogP contribution >= 0.6 is 0 Å². The summed E-state index contributed by atoms with van der Waals surface area (Å²) in [6, 6.07) is 12.3. The zero-order valence-electron chi connectivity index (χ0n) is 17.2. The third kappa shape index (κ3) is 4.13. The highest BCUT2D eigenvalue weighted by atomic mass is 32.2. The lowest BCUT2D eigenvalue weighted by Crippen LogP contribution is -2.40. The fourth-order valence-electron chi connectivity index (χ4n) is 3.60. The molecule has 0 bridgehead atoms. The van der Waals surface area contributed by atoms with Crippen molar-refractivity contribution in [2.45, 2.75) is 11.8 Å². The third-order valence-corrected chi connectivity index (χ3v) is 7.17. The topological polar surface area (TPSA) is 132 Å². The minimum atomic E-state index is -3.82. The number of sulfonamides is 1. The highest BCUT2D eigenvalue weighted by Crippen LogP contribution is 2.23. The number of morpholine rings is 1. The number of pyridine rings is 1. The summed E-state index contributed by atoms with van der Waals surface area (Å²) < 4.78 is 32.4. The first kappa shape index (κ1) is 21.7. The van der Waals surface area contributed by atoms with E-state index in [1.54, 1.807) is 25.1 Å². The van der Waals surface area contributed by atoms with Crippen molar-refractivity contribution in [1.82, 2.24) is 9.29 Å². The van der Waals surface area contributed by atoms with Crippen LogP contribution in [0.5, 0.6) is 0 Å². The number of nitrogens with zero attached hydrogens (tertiary/aromatic N) is 2. The number of rotatable bonds is 4. The number of carbonyl (C=O) groups excluding carboxylic acids is 1. The number of hydrogen-bond donors (Lipinski definition) is 2. The van der Waals surface area contributed by atoms with Crippen molar-refractivity contribution >= 4 is 32.5 Å². The van der Waals surface area contributed by atoms with Crippen molar-refractivity contribution in [1.29, 1.82) is 5.26 Å². The van der Waals surface area contributed by atoms with Crippen LogP contribution in [0.25, 0.3) is 10.9 Å². The maximum absolute atomic E-state index is 13.0. The fraction of sp³-hybridized carbons (Fsp3) is 0.227. The molecule has 1 aliphatic heterocycles. The maximum Gasteiger partial charge on any atom is 0.257 e. The Kier molecular flexibility index (Phi) is 5.80. The normalized spacial score (nSPS) is 14.8. The van der Waals surface area contributed by atoms with Gasteiger partial charge >= 0.3 is 0 Å². The van der Waals surface area contributed by atoms with Crippen molar-refractivity contribution < 1.29 is 17.9 Å². The Bertz CT molecular complexity index is 1420. The average molecular weight is 452 g/mol. The molecule has 0 unspecified atom stereocenters. The second-order valence-corrected chi connectivity index (χ2v) is 9.30. The van der Waals surface area contributed by atoms with Crippen molar-refractivity contribution in [2.75, 3.05) is 31.6 Å². The Labute approximate surface area is 184 Å². The number of aryl methyl sites for hydroxylation is 1. The molecule has 2 aromatic carbocycles. The molecule has 10 heteroatoms. The molecular formula is C22H20N4O5S. The van der Waals surface area contributed by atoms with E-state index in [1.807, 2.05) is 6.07 Å². The summed E-state index contributed by atoms with van der Waals surface area (Å²) in [5, 5.41) is 12.9. The van der Waals surface area contributed by atoms with Crippen LogP contribution in [0.2, 0.25) is 0 Å². The van der Waals surface area contributed by atoms with Crippen molar-refractivity contribution in [3.8, 4) is 6.07 Å². The standard InChI is InChI=1S/C22H20N4O5S/c1-14-10-21(27)25-20-5-3-16(11-18(14)20)24-22(28)19-12-17(4-2-15(19)13-23)32(29,30)26-6-8-31-9-7-26/h2-5,10-12H,6-9H2,1H3,(H,24,28)(H,25,27). The molecule has 4 rings (SSSR count). The first-order chi connectivity index (χ1) is 15.3. The highest BCUT2D eigenvalue weighted by Gasteiger charge is 2.28. The molecule has 9 nitrogen and oxygen atoms in total. The van der Waals surface area contributed by atoms with Gasteiger partial charge in [0.25, 0.3) is 5.91 Å². The largest absolute Gasteiger partial charge is 0.379 e. The zero-order valence-corrected chi connectivity index (χ0v) is 18.0. The lowest BCUT2D eigenvalue weighted by atomic mass is 10.1. The van der Waals surface area contributed by atoms with E-state index in [9.17, 15) is 23.3 Å². The molecule has 2 N–H and O–H groups in total. The molecule has 0 saturated carbocycles. The lowest BCUT2D eigenvalue weighted by molar-refractivity contribution is 0.0730. The molecule has 0 aliphatic carbocycles. The van der Waals surface area contributed by atoms with Gasteiger partial charge in [0.2, 0.25) is 15.6 Å². The van der Waals surface area contributed by atoms with Crippen LogP contribution in [0.1, 0.15) is 21.5 Å². The molecule has 0 atom stereocenters. The monoisotopic (exact) mass is 452 g/mol. The summed E-state index contributed by atoms with van der Waals surface area (Å²) in [5.74, 6) is -0.609. The second-order valence-electron chi connectivity index (χ2n) is 7.37. The molecule has 32 heavy (non-hydrogen) atoms. The number of aromatic nitrogens is 1. The third-order valence-electron chi connectivity index (χ3n) is 5.27. The van der Waals surface area contributed by atoms with Gasteiger partial charge in [-0.2, -0.15) is 9.57 Å². The fourth-order valence-corrected chi connectivity index (χ4v) is 5.04. The summed E-state index contributed by atoms with van der Waals surface area (Å²) in [6.45, 7) is 2.84. The van der Waals surface area contributed by atoms with Gasteiger partial charge in [-0.05, 0) is 48.9 Å². The molecule has 1 saturated heterocycles.